The number of nitrogens with one attached hydrogen (secondary N) is 1. The van der Waals surface area contributed by atoms with E-state index < -0.39 is 9.84 Å². The highest BCUT2D eigenvalue weighted by molar-refractivity contribution is 7.99. The first-order valence-corrected chi connectivity index (χ1v) is 11.9. The molecule has 8 heteroatoms. The molecule has 0 aliphatic rings. The maximum Gasteiger partial charge on any atom is 0.234 e. The Kier molecular flexibility index (Phi) is 7.00. The normalized spacial score (nSPS) is 11.2. The SMILES string of the molecule is CCS(=O)(=O)c1ccc(-c2ccc(NC(=O)CSCc3ccccc3)cc2)nn1. The van der Waals surface area contributed by atoms with Gasteiger partial charge in [-0.1, -0.05) is 49.4 Å². The molecule has 29 heavy (non-hydrogen) atoms. The summed E-state index contributed by atoms with van der Waals surface area (Å²) < 4.78 is 23.6. The topological polar surface area (TPSA) is 89.0 Å². The zero-order valence-electron chi connectivity index (χ0n) is 15.9. The second-order valence-electron chi connectivity index (χ2n) is 6.26. The van der Waals surface area contributed by atoms with Gasteiger partial charge in [0.2, 0.25) is 5.91 Å². The Hall–Kier alpha value is -2.71. The molecule has 0 spiro atoms. The van der Waals surface area contributed by atoms with E-state index in [1.807, 2.05) is 42.5 Å². The third-order valence-electron chi connectivity index (χ3n) is 4.15. The molecule has 150 valence electrons. The summed E-state index contributed by atoms with van der Waals surface area (Å²) in [4.78, 5) is 12.1. The number of carbonyl (C=O) groups is 1. The van der Waals surface area contributed by atoms with Crippen LogP contribution in [0, 0.1) is 0 Å². The maximum absolute atomic E-state index is 12.1. The summed E-state index contributed by atoms with van der Waals surface area (Å²) in [6.45, 7) is 1.57. The van der Waals surface area contributed by atoms with E-state index in [0.29, 0.717) is 17.1 Å². The highest BCUT2D eigenvalue weighted by atomic mass is 32.2. The van der Waals surface area contributed by atoms with Crippen molar-refractivity contribution in [3.05, 3.63) is 72.3 Å². The lowest BCUT2D eigenvalue weighted by molar-refractivity contribution is -0.113. The van der Waals surface area contributed by atoms with Crippen LogP contribution in [0.3, 0.4) is 0 Å². The summed E-state index contributed by atoms with van der Waals surface area (Å²) in [5, 5.41) is 10.7. The number of anilines is 1. The standard InChI is InChI=1S/C21H21N3O3S2/c1-2-29(26,27)21-13-12-19(23-24-21)17-8-10-18(11-9-17)22-20(25)15-28-14-16-6-4-3-5-7-16/h3-13H,2,14-15H2,1H3,(H,22,25). The molecule has 0 fully saturated rings. The first kappa shape index (κ1) is 21.0. The molecule has 0 atom stereocenters. The largest absolute Gasteiger partial charge is 0.325 e. The third-order valence-corrected chi connectivity index (χ3v) is 6.77. The zero-order valence-corrected chi connectivity index (χ0v) is 17.5. The van der Waals surface area contributed by atoms with E-state index >= 15 is 0 Å². The van der Waals surface area contributed by atoms with Gasteiger partial charge in [-0.15, -0.1) is 22.0 Å². The van der Waals surface area contributed by atoms with E-state index in [1.54, 1.807) is 36.9 Å². The Morgan fingerprint density at radius 2 is 1.69 bits per heavy atom. The van der Waals surface area contributed by atoms with E-state index in [1.165, 1.54) is 11.6 Å². The van der Waals surface area contributed by atoms with Gasteiger partial charge in [0.25, 0.3) is 0 Å². The van der Waals surface area contributed by atoms with Crippen LogP contribution in [-0.2, 0) is 20.4 Å². The van der Waals surface area contributed by atoms with Gasteiger partial charge >= 0.3 is 0 Å². The molecule has 2 aromatic carbocycles. The van der Waals surface area contributed by atoms with Crippen LogP contribution in [0.15, 0.2) is 71.8 Å². The second kappa shape index (κ2) is 9.67. The fraction of sp³-hybridized carbons (Fsp3) is 0.190. The number of nitrogens with zero attached hydrogens (tertiary/aromatic N) is 2. The monoisotopic (exact) mass is 427 g/mol. The van der Waals surface area contributed by atoms with Crippen LogP contribution in [0.4, 0.5) is 5.69 Å². The minimum Gasteiger partial charge on any atom is -0.325 e. The van der Waals surface area contributed by atoms with Crippen molar-refractivity contribution < 1.29 is 13.2 Å². The minimum atomic E-state index is -3.37. The van der Waals surface area contributed by atoms with Crippen molar-refractivity contribution in [1.29, 1.82) is 0 Å². The molecule has 1 aromatic heterocycles. The highest BCUT2D eigenvalue weighted by Crippen LogP contribution is 2.20. The van der Waals surface area contributed by atoms with Crippen molar-refractivity contribution >= 4 is 33.2 Å². The van der Waals surface area contributed by atoms with Crippen LogP contribution in [0.5, 0.6) is 0 Å². The second-order valence-corrected chi connectivity index (χ2v) is 9.47. The molecule has 1 N–H and O–H groups in total. The number of sulfone groups is 1. The molecular formula is C21H21N3O3S2. The van der Waals surface area contributed by atoms with Gasteiger partial charge in [-0.2, -0.15) is 0 Å². The molecule has 1 amide bonds. The predicted octanol–water partition coefficient (Wildman–Crippen LogP) is 3.81. The number of benzene rings is 2. The van der Waals surface area contributed by atoms with Gasteiger partial charge in [0.05, 0.1) is 17.2 Å². The van der Waals surface area contributed by atoms with E-state index in [4.69, 9.17) is 0 Å². The molecule has 1 heterocycles. The van der Waals surface area contributed by atoms with Gasteiger partial charge < -0.3 is 5.32 Å². The van der Waals surface area contributed by atoms with Gasteiger partial charge in [-0.3, -0.25) is 4.79 Å². The lowest BCUT2D eigenvalue weighted by atomic mass is 10.1. The average Bonchev–Trinajstić information content (AvgIpc) is 2.75. The molecule has 0 aliphatic carbocycles. The molecule has 0 saturated heterocycles. The Morgan fingerprint density at radius 3 is 2.31 bits per heavy atom. The Balaban J connectivity index is 1.55. The molecule has 0 radical (unpaired) electrons. The highest BCUT2D eigenvalue weighted by Gasteiger charge is 2.14. The van der Waals surface area contributed by atoms with Crippen molar-refractivity contribution in [2.75, 3.05) is 16.8 Å². The Labute approximate surface area is 174 Å². The van der Waals surface area contributed by atoms with Gasteiger partial charge in [0.1, 0.15) is 0 Å². The van der Waals surface area contributed by atoms with Crippen LogP contribution in [0.1, 0.15) is 12.5 Å². The molecule has 0 saturated carbocycles. The quantitative estimate of drug-likeness (QED) is 0.588. The van der Waals surface area contributed by atoms with Crippen LogP contribution in [0.25, 0.3) is 11.3 Å². The molecule has 0 unspecified atom stereocenters. The molecule has 6 nitrogen and oxygen atoms in total. The third kappa shape index (κ3) is 5.88. The van der Waals surface area contributed by atoms with E-state index in [2.05, 4.69) is 15.5 Å². The van der Waals surface area contributed by atoms with Gasteiger partial charge in [-0.05, 0) is 29.8 Å². The summed E-state index contributed by atoms with van der Waals surface area (Å²) >= 11 is 1.56. The summed E-state index contributed by atoms with van der Waals surface area (Å²) in [5.41, 5.74) is 3.23. The smallest absolute Gasteiger partial charge is 0.234 e. The Bertz CT molecular complexity index is 1050. The van der Waals surface area contributed by atoms with E-state index in [9.17, 15) is 13.2 Å². The summed E-state index contributed by atoms with van der Waals surface area (Å²) in [6.07, 6.45) is 0. The number of hydrogen-bond donors (Lipinski definition) is 1. The van der Waals surface area contributed by atoms with E-state index in [-0.39, 0.29) is 16.7 Å². The lowest BCUT2D eigenvalue weighted by Gasteiger charge is -2.07. The number of thioether (sulfide) groups is 1. The molecule has 3 aromatic rings. The zero-order chi connectivity index (χ0) is 20.7. The Morgan fingerprint density at radius 1 is 0.966 bits per heavy atom. The fourth-order valence-corrected chi connectivity index (χ4v) is 4.07. The summed E-state index contributed by atoms with van der Waals surface area (Å²) in [5.74, 6) is 1.08. The average molecular weight is 428 g/mol. The van der Waals surface area contributed by atoms with E-state index in [0.717, 1.165) is 11.3 Å². The van der Waals surface area contributed by atoms with Crippen molar-refractivity contribution in [2.45, 2.75) is 17.7 Å². The fourth-order valence-electron chi connectivity index (χ4n) is 2.54. The number of hydrogen-bond acceptors (Lipinski definition) is 6. The number of amides is 1. The van der Waals surface area contributed by atoms with Crippen LogP contribution in [-0.4, -0.2) is 36.0 Å². The van der Waals surface area contributed by atoms with Crippen molar-refractivity contribution in [3.8, 4) is 11.3 Å². The van der Waals surface area contributed by atoms with Crippen molar-refractivity contribution in [1.82, 2.24) is 10.2 Å². The molecule has 3 rings (SSSR count). The summed E-state index contributed by atoms with van der Waals surface area (Å²) in [6, 6.07) is 20.3. The van der Waals surface area contributed by atoms with Crippen molar-refractivity contribution in [2.24, 2.45) is 0 Å². The van der Waals surface area contributed by atoms with Crippen molar-refractivity contribution in [3.63, 3.8) is 0 Å². The van der Waals surface area contributed by atoms with Gasteiger partial charge in [0, 0.05) is 17.0 Å². The van der Waals surface area contributed by atoms with Gasteiger partial charge in [-0.25, -0.2) is 8.42 Å². The molecule has 0 aliphatic heterocycles. The summed E-state index contributed by atoms with van der Waals surface area (Å²) in [7, 11) is -3.37. The van der Waals surface area contributed by atoms with Crippen LogP contribution in [0.2, 0.25) is 0 Å². The first-order valence-electron chi connectivity index (χ1n) is 9.06. The lowest BCUT2D eigenvalue weighted by Crippen LogP contribution is -2.14. The molecule has 0 bridgehead atoms. The maximum atomic E-state index is 12.1. The van der Waals surface area contributed by atoms with Crippen LogP contribution >= 0.6 is 11.8 Å². The number of rotatable bonds is 8. The van der Waals surface area contributed by atoms with Crippen LogP contribution < -0.4 is 5.32 Å². The first-order chi connectivity index (χ1) is 14.0. The number of carbonyl (C=O) groups excluding carboxylic acids is 1. The molecular weight excluding hydrogens is 406 g/mol. The predicted molar refractivity (Wildman–Crippen MR) is 116 cm³/mol. The minimum absolute atomic E-state index is 0.0148. The number of aromatic nitrogens is 2. The van der Waals surface area contributed by atoms with Gasteiger partial charge in [0.15, 0.2) is 14.9 Å².